The Kier molecular flexibility index (Phi) is 4.12. The predicted molar refractivity (Wildman–Crippen MR) is 90.6 cm³/mol. The molecule has 2 aromatic heterocycles. The summed E-state index contributed by atoms with van der Waals surface area (Å²) in [6.07, 6.45) is 1.23. The highest BCUT2D eigenvalue weighted by Crippen LogP contribution is 2.29. The fourth-order valence-corrected chi connectivity index (χ4v) is 2.59. The van der Waals surface area contributed by atoms with Crippen LogP contribution >= 0.6 is 0 Å². The maximum Gasteiger partial charge on any atom is 0.414 e. The van der Waals surface area contributed by atoms with Crippen molar-refractivity contribution >= 4 is 28.5 Å². The monoisotopic (exact) mass is 326 g/mol. The lowest BCUT2D eigenvalue weighted by Gasteiger charge is -2.11. The summed E-state index contributed by atoms with van der Waals surface area (Å²) in [5.41, 5.74) is 2.07. The number of pyridine rings is 1. The molecule has 0 fully saturated rings. The van der Waals surface area contributed by atoms with Crippen LogP contribution in [-0.4, -0.2) is 42.1 Å². The minimum atomic E-state index is -0.462. The van der Waals surface area contributed by atoms with E-state index < -0.39 is 6.09 Å². The molecular weight excluding hydrogens is 308 g/mol. The van der Waals surface area contributed by atoms with Crippen LogP contribution in [0.3, 0.4) is 0 Å². The normalized spacial score (nSPS) is 10.8. The number of aromatic nitrogens is 1. The average molecular weight is 326 g/mol. The smallest absolute Gasteiger partial charge is 0.414 e. The van der Waals surface area contributed by atoms with E-state index >= 15 is 0 Å². The Balaban J connectivity index is 2.18. The summed E-state index contributed by atoms with van der Waals surface area (Å²) in [7, 11) is 3.23. The van der Waals surface area contributed by atoms with Crippen molar-refractivity contribution in [2.45, 2.75) is 6.92 Å². The highest BCUT2D eigenvalue weighted by Gasteiger charge is 2.19. The molecule has 0 radical (unpaired) electrons. The van der Waals surface area contributed by atoms with E-state index in [0.29, 0.717) is 23.4 Å². The molecule has 3 rings (SSSR count). The molecule has 1 aromatic carbocycles. The van der Waals surface area contributed by atoms with Crippen molar-refractivity contribution in [3.8, 4) is 5.75 Å². The van der Waals surface area contributed by atoms with Crippen molar-refractivity contribution in [3.63, 3.8) is 0 Å². The van der Waals surface area contributed by atoms with Crippen LogP contribution < -0.4 is 4.74 Å². The lowest BCUT2D eigenvalue weighted by atomic mass is 10.1. The molecule has 0 spiro atoms. The number of hydrogen-bond acceptors (Lipinski definition) is 4. The zero-order chi connectivity index (χ0) is 17.3. The molecule has 0 unspecified atom stereocenters. The van der Waals surface area contributed by atoms with E-state index in [0.717, 1.165) is 10.9 Å². The second-order valence-electron chi connectivity index (χ2n) is 5.50. The molecule has 0 aliphatic heterocycles. The lowest BCUT2D eigenvalue weighted by molar-refractivity contribution is 0.0531. The Bertz CT molecular complexity index is 927. The predicted octanol–water partition coefficient (Wildman–Crippen LogP) is 3.33. The van der Waals surface area contributed by atoms with Crippen molar-refractivity contribution in [1.82, 2.24) is 9.30 Å². The van der Waals surface area contributed by atoms with E-state index in [1.54, 1.807) is 39.3 Å². The van der Waals surface area contributed by atoms with Gasteiger partial charge in [-0.25, -0.2) is 9.59 Å². The number of esters is 1. The highest BCUT2D eigenvalue weighted by atomic mass is 16.6. The van der Waals surface area contributed by atoms with Gasteiger partial charge in [0.15, 0.2) is 0 Å². The molecule has 124 valence electrons. The Morgan fingerprint density at radius 2 is 1.83 bits per heavy atom. The quantitative estimate of drug-likeness (QED) is 0.693. The van der Waals surface area contributed by atoms with E-state index in [1.165, 1.54) is 4.90 Å². The van der Waals surface area contributed by atoms with Gasteiger partial charge in [0.25, 0.3) is 0 Å². The molecular formula is C18H18N2O4. The molecule has 0 saturated carbocycles. The molecule has 6 nitrogen and oxygen atoms in total. The fourth-order valence-electron chi connectivity index (χ4n) is 2.59. The van der Waals surface area contributed by atoms with E-state index in [4.69, 9.17) is 9.47 Å². The van der Waals surface area contributed by atoms with Crippen molar-refractivity contribution in [2.75, 3.05) is 20.7 Å². The molecule has 24 heavy (non-hydrogen) atoms. The summed E-state index contributed by atoms with van der Waals surface area (Å²) in [4.78, 5) is 25.4. The summed E-state index contributed by atoms with van der Waals surface area (Å²) in [6, 6.07) is 11.0. The Morgan fingerprint density at radius 1 is 1.08 bits per heavy atom. The van der Waals surface area contributed by atoms with Crippen molar-refractivity contribution in [1.29, 1.82) is 0 Å². The van der Waals surface area contributed by atoms with Crippen LogP contribution in [0.5, 0.6) is 5.75 Å². The van der Waals surface area contributed by atoms with Gasteiger partial charge in [-0.1, -0.05) is 18.2 Å². The van der Waals surface area contributed by atoms with Crippen LogP contribution in [0.4, 0.5) is 4.79 Å². The molecule has 6 heteroatoms. The van der Waals surface area contributed by atoms with Gasteiger partial charge in [0, 0.05) is 19.5 Å². The Labute approximate surface area is 139 Å². The van der Waals surface area contributed by atoms with Crippen LogP contribution in [0.1, 0.15) is 17.3 Å². The third kappa shape index (κ3) is 2.67. The van der Waals surface area contributed by atoms with Gasteiger partial charge in [0.1, 0.15) is 5.75 Å². The molecule has 0 aliphatic carbocycles. The summed E-state index contributed by atoms with van der Waals surface area (Å²) < 4.78 is 12.3. The van der Waals surface area contributed by atoms with Gasteiger partial charge in [0.2, 0.25) is 0 Å². The topological polar surface area (TPSA) is 60.2 Å². The third-order valence-electron chi connectivity index (χ3n) is 3.66. The number of benzene rings is 1. The highest BCUT2D eigenvalue weighted by molar-refractivity contribution is 6.11. The van der Waals surface area contributed by atoms with Crippen LogP contribution in [0.2, 0.25) is 0 Å². The second-order valence-corrected chi connectivity index (χ2v) is 5.50. The van der Waals surface area contributed by atoms with Gasteiger partial charge in [-0.3, -0.25) is 0 Å². The van der Waals surface area contributed by atoms with Gasteiger partial charge in [-0.2, -0.15) is 0 Å². The fraction of sp³-hybridized carbons (Fsp3) is 0.222. The number of hydrogen-bond donors (Lipinski definition) is 0. The SMILES string of the molecule is CCOC(=O)c1c2ccccc2n2cc(OC(=O)N(C)C)ccc12. The summed E-state index contributed by atoms with van der Waals surface area (Å²) in [6.45, 7) is 2.08. The van der Waals surface area contributed by atoms with Gasteiger partial charge in [-0.05, 0) is 25.1 Å². The molecule has 2 heterocycles. The maximum atomic E-state index is 12.4. The van der Waals surface area contributed by atoms with E-state index in [-0.39, 0.29) is 5.97 Å². The van der Waals surface area contributed by atoms with E-state index in [2.05, 4.69) is 0 Å². The number of fused-ring (bicyclic) bond motifs is 3. The Morgan fingerprint density at radius 3 is 2.54 bits per heavy atom. The molecule has 0 bridgehead atoms. The molecule has 0 N–H and O–H groups in total. The number of para-hydroxylation sites is 1. The van der Waals surface area contributed by atoms with Gasteiger partial charge in [0.05, 0.1) is 29.4 Å². The van der Waals surface area contributed by atoms with E-state index in [1.807, 2.05) is 28.7 Å². The average Bonchev–Trinajstić information content (AvgIpc) is 2.89. The van der Waals surface area contributed by atoms with Gasteiger partial charge in [-0.15, -0.1) is 0 Å². The minimum absolute atomic E-state index is 0.309. The van der Waals surface area contributed by atoms with E-state index in [9.17, 15) is 9.59 Å². The number of amides is 1. The van der Waals surface area contributed by atoms with Crippen LogP contribution in [0.15, 0.2) is 42.6 Å². The van der Waals surface area contributed by atoms with Crippen molar-refractivity contribution in [2.24, 2.45) is 0 Å². The number of rotatable bonds is 3. The maximum absolute atomic E-state index is 12.4. The first kappa shape index (κ1) is 15.9. The van der Waals surface area contributed by atoms with Gasteiger partial charge >= 0.3 is 12.1 Å². The summed E-state index contributed by atoms with van der Waals surface area (Å²) >= 11 is 0. The molecule has 1 amide bonds. The first-order valence-corrected chi connectivity index (χ1v) is 7.62. The number of carbonyl (C=O) groups is 2. The van der Waals surface area contributed by atoms with Gasteiger partial charge < -0.3 is 18.8 Å². The first-order chi connectivity index (χ1) is 11.5. The number of ether oxygens (including phenoxy) is 2. The minimum Gasteiger partial charge on any atom is -0.462 e. The zero-order valence-electron chi connectivity index (χ0n) is 13.8. The van der Waals surface area contributed by atoms with Crippen LogP contribution in [0.25, 0.3) is 16.4 Å². The Hall–Kier alpha value is -3.02. The van der Waals surface area contributed by atoms with Crippen LogP contribution in [0, 0.1) is 0 Å². The summed E-state index contributed by atoms with van der Waals surface area (Å²) in [5, 5.41) is 0.798. The first-order valence-electron chi connectivity index (χ1n) is 7.62. The molecule has 0 aliphatic rings. The molecule has 0 atom stereocenters. The molecule has 0 saturated heterocycles. The number of nitrogens with zero attached hydrogens (tertiary/aromatic N) is 2. The molecule has 3 aromatic rings. The second kappa shape index (κ2) is 6.23. The number of carbonyl (C=O) groups excluding carboxylic acids is 2. The van der Waals surface area contributed by atoms with Crippen molar-refractivity contribution < 1.29 is 19.1 Å². The summed E-state index contributed by atoms with van der Waals surface area (Å²) in [5.74, 6) is 0.0339. The largest absolute Gasteiger partial charge is 0.462 e. The standard InChI is InChI=1S/C18H18N2O4/c1-4-23-17(21)16-13-7-5-6-8-14(13)20-11-12(9-10-15(16)20)24-18(22)19(2)3/h5-11H,4H2,1-3H3. The third-order valence-corrected chi connectivity index (χ3v) is 3.66. The zero-order valence-corrected chi connectivity index (χ0v) is 13.8. The van der Waals surface area contributed by atoms with Crippen molar-refractivity contribution in [3.05, 3.63) is 48.2 Å². The lowest BCUT2D eigenvalue weighted by Crippen LogP contribution is -2.25. The van der Waals surface area contributed by atoms with Crippen LogP contribution in [-0.2, 0) is 4.74 Å².